The Balaban J connectivity index is 2.21. The second kappa shape index (κ2) is 4.57. The third-order valence-corrected chi connectivity index (χ3v) is 3.23. The van der Waals surface area contributed by atoms with Crippen LogP contribution in [0.2, 0.25) is 0 Å². The summed E-state index contributed by atoms with van der Waals surface area (Å²) in [6, 6.07) is 17.0. The van der Waals surface area contributed by atoms with Crippen LogP contribution in [0, 0.1) is 0 Å². The lowest BCUT2D eigenvalue weighted by molar-refractivity contribution is 0.239. The van der Waals surface area contributed by atoms with Crippen molar-refractivity contribution in [2.24, 2.45) is 0 Å². The molecule has 0 spiro atoms. The first-order chi connectivity index (χ1) is 8.92. The first-order valence-electron chi connectivity index (χ1n) is 6.10. The Morgan fingerprint density at radius 3 is 2.06 bits per heavy atom. The number of para-hydroxylation sites is 2. The van der Waals surface area contributed by atoms with E-state index in [1.807, 2.05) is 0 Å². The van der Waals surface area contributed by atoms with Crippen LogP contribution in [0.4, 0.5) is 0 Å². The number of rotatable bonds is 4. The van der Waals surface area contributed by atoms with Gasteiger partial charge in [-0.3, -0.25) is 0 Å². The van der Waals surface area contributed by atoms with Crippen LogP contribution in [0.3, 0.4) is 0 Å². The molecule has 0 fully saturated rings. The maximum Gasteiger partial charge on any atom is 0.105 e. The highest BCUT2D eigenvalue weighted by Crippen LogP contribution is 2.28. The molecule has 1 aromatic heterocycles. The van der Waals surface area contributed by atoms with Gasteiger partial charge in [-0.15, -0.1) is 0 Å². The minimum atomic E-state index is 0.645. The Kier molecular flexibility index (Phi) is 2.77. The summed E-state index contributed by atoms with van der Waals surface area (Å²) in [5.41, 5.74) is 2.51. The van der Waals surface area contributed by atoms with E-state index in [0.717, 1.165) is 6.54 Å². The van der Waals surface area contributed by atoms with E-state index in [2.05, 4.69) is 59.7 Å². The van der Waals surface area contributed by atoms with Gasteiger partial charge < -0.3 is 9.30 Å². The van der Waals surface area contributed by atoms with Gasteiger partial charge in [-0.25, -0.2) is 0 Å². The summed E-state index contributed by atoms with van der Waals surface area (Å²) in [5, 5.41) is 2.60. The molecule has 2 heteroatoms. The highest BCUT2D eigenvalue weighted by Gasteiger charge is 2.08. The van der Waals surface area contributed by atoms with Gasteiger partial charge in [0.1, 0.15) is 6.61 Å². The Labute approximate surface area is 106 Å². The molecule has 0 atom stereocenters. The van der Waals surface area contributed by atoms with Gasteiger partial charge in [0.15, 0.2) is 0 Å². The van der Waals surface area contributed by atoms with Crippen molar-refractivity contribution in [1.82, 2.24) is 4.57 Å². The van der Waals surface area contributed by atoms with Crippen molar-refractivity contribution in [3.05, 3.63) is 61.4 Å². The van der Waals surface area contributed by atoms with Gasteiger partial charge in [0, 0.05) is 21.8 Å². The third-order valence-electron chi connectivity index (χ3n) is 3.23. The number of aromatic nitrogens is 1. The largest absolute Gasteiger partial charge is 0.500 e. The van der Waals surface area contributed by atoms with E-state index >= 15 is 0 Å². The fourth-order valence-electron chi connectivity index (χ4n) is 2.47. The molecular formula is C16H15NO. The maximum atomic E-state index is 5.25. The fourth-order valence-corrected chi connectivity index (χ4v) is 2.47. The maximum absolute atomic E-state index is 5.25. The van der Waals surface area contributed by atoms with Crippen LogP contribution in [0.1, 0.15) is 0 Å². The quantitative estimate of drug-likeness (QED) is 0.495. The minimum Gasteiger partial charge on any atom is -0.500 e. The van der Waals surface area contributed by atoms with Crippen LogP contribution in [0.5, 0.6) is 0 Å². The standard InChI is InChI=1S/C16H15NO/c1-2-18-12-11-17-15-9-5-3-7-13(15)14-8-4-6-10-16(14)17/h2-10H,1,11-12H2. The monoisotopic (exact) mass is 237 g/mol. The second-order valence-electron chi connectivity index (χ2n) is 4.22. The molecule has 0 aliphatic heterocycles. The van der Waals surface area contributed by atoms with Gasteiger partial charge in [-0.1, -0.05) is 43.0 Å². The van der Waals surface area contributed by atoms with Gasteiger partial charge in [-0.05, 0) is 12.1 Å². The van der Waals surface area contributed by atoms with Crippen LogP contribution in [-0.4, -0.2) is 11.2 Å². The van der Waals surface area contributed by atoms with Gasteiger partial charge in [0.25, 0.3) is 0 Å². The predicted octanol–water partition coefficient (Wildman–Crippen LogP) is 3.95. The average molecular weight is 237 g/mol. The third kappa shape index (κ3) is 1.66. The lowest BCUT2D eigenvalue weighted by atomic mass is 10.2. The number of hydrogen-bond acceptors (Lipinski definition) is 1. The minimum absolute atomic E-state index is 0.645. The molecule has 18 heavy (non-hydrogen) atoms. The van der Waals surface area contributed by atoms with Crippen molar-refractivity contribution in [3.63, 3.8) is 0 Å². The molecule has 0 aliphatic carbocycles. The number of benzene rings is 2. The van der Waals surface area contributed by atoms with Gasteiger partial charge in [0.2, 0.25) is 0 Å². The van der Waals surface area contributed by atoms with E-state index in [9.17, 15) is 0 Å². The van der Waals surface area contributed by atoms with Gasteiger partial charge in [0.05, 0.1) is 12.8 Å². The van der Waals surface area contributed by atoms with Crippen molar-refractivity contribution in [2.45, 2.75) is 6.54 Å². The zero-order valence-electron chi connectivity index (χ0n) is 10.2. The molecule has 0 unspecified atom stereocenters. The summed E-state index contributed by atoms with van der Waals surface area (Å²) in [4.78, 5) is 0. The fraction of sp³-hybridized carbons (Fsp3) is 0.125. The molecule has 2 nitrogen and oxygen atoms in total. The normalized spacial score (nSPS) is 10.9. The van der Waals surface area contributed by atoms with E-state index in [1.165, 1.54) is 28.1 Å². The lowest BCUT2D eigenvalue weighted by Crippen LogP contribution is -2.03. The second-order valence-corrected chi connectivity index (χ2v) is 4.22. The number of nitrogens with zero attached hydrogens (tertiary/aromatic N) is 1. The molecule has 2 aromatic carbocycles. The summed E-state index contributed by atoms with van der Waals surface area (Å²) in [7, 11) is 0. The Morgan fingerprint density at radius 2 is 1.50 bits per heavy atom. The highest BCUT2D eigenvalue weighted by molar-refractivity contribution is 6.07. The van der Waals surface area contributed by atoms with Crippen molar-refractivity contribution in [2.75, 3.05) is 6.61 Å². The molecule has 0 radical (unpaired) electrons. The molecule has 0 aliphatic rings. The predicted molar refractivity (Wildman–Crippen MR) is 75.6 cm³/mol. The SMILES string of the molecule is C=COCCn1c2ccccc2c2ccccc21. The first-order valence-corrected chi connectivity index (χ1v) is 6.10. The summed E-state index contributed by atoms with van der Waals surface area (Å²) in [5.74, 6) is 0. The Morgan fingerprint density at radius 1 is 0.944 bits per heavy atom. The molecule has 3 rings (SSSR count). The zero-order valence-corrected chi connectivity index (χ0v) is 10.2. The number of hydrogen-bond donors (Lipinski definition) is 0. The molecule has 0 saturated heterocycles. The van der Waals surface area contributed by atoms with Crippen LogP contribution in [0.25, 0.3) is 21.8 Å². The summed E-state index contributed by atoms with van der Waals surface area (Å²) in [6.45, 7) is 5.05. The van der Waals surface area contributed by atoms with Gasteiger partial charge >= 0.3 is 0 Å². The van der Waals surface area contributed by atoms with Crippen LogP contribution in [0.15, 0.2) is 61.4 Å². The number of fused-ring (bicyclic) bond motifs is 3. The van der Waals surface area contributed by atoms with Gasteiger partial charge in [-0.2, -0.15) is 0 Å². The molecule has 1 heterocycles. The zero-order chi connectivity index (χ0) is 12.4. The molecule has 0 bridgehead atoms. The topological polar surface area (TPSA) is 14.2 Å². The van der Waals surface area contributed by atoms with Crippen LogP contribution in [-0.2, 0) is 11.3 Å². The van der Waals surface area contributed by atoms with Crippen molar-refractivity contribution in [1.29, 1.82) is 0 Å². The van der Waals surface area contributed by atoms with E-state index < -0.39 is 0 Å². The van der Waals surface area contributed by atoms with E-state index in [0.29, 0.717) is 6.61 Å². The highest BCUT2D eigenvalue weighted by atomic mass is 16.5. The number of ether oxygens (including phenoxy) is 1. The van der Waals surface area contributed by atoms with Crippen molar-refractivity contribution < 1.29 is 4.74 Å². The van der Waals surface area contributed by atoms with E-state index in [4.69, 9.17) is 4.74 Å². The molecule has 0 amide bonds. The van der Waals surface area contributed by atoms with Crippen LogP contribution >= 0.6 is 0 Å². The van der Waals surface area contributed by atoms with Crippen molar-refractivity contribution >= 4 is 21.8 Å². The average Bonchev–Trinajstić information content (AvgIpc) is 2.74. The molecule has 90 valence electrons. The molecule has 0 saturated carbocycles. The summed E-state index contributed by atoms with van der Waals surface area (Å²) >= 11 is 0. The Hall–Kier alpha value is -2.22. The molecule has 3 aromatic rings. The summed E-state index contributed by atoms with van der Waals surface area (Å²) in [6.07, 6.45) is 1.49. The summed E-state index contributed by atoms with van der Waals surface area (Å²) < 4.78 is 7.55. The van der Waals surface area contributed by atoms with E-state index in [1.54, 1.807) is 0 Å². The lowest BCUT2D eigenvalue weighted by Gasteiger charge is -2.06. The molecular weight excluding hydrogens is 222 g/mol. The van der Waals surface area contributed by atoms with E-state index in [-0.39, 0.29) is 0 Å². The van der Waals surface area contributed by atoms with Crippen molar-refractivity contribution in [3.8, 4) is 0 Å². The van der Waals surface area contributed by atoms with Crippen LogP contribution < -0.4 is 0 Å². The Bertz CT molecular complexity index is 643. The molecule has 0 N–H and O–H groups in total. The first kappa shape index (κ1) is 10.9. The smallest absolute Gasteiger partial charge is 0.105 e.